The van der Waals surface area contributed by atoms with Gasteiger partial charge in [-0.25, -0.2) is 0 Å². The van der Waals surface area contributed by atoms with E-state index in [1.54, 1.807) is 0 Å². The van der Waals surface area contributed by atoms with Crippen LogP contribution in [-0.2, 0) is 0 Å². The van der Waals surface area contributed by atoms with Gasteiger partial charge in [-0.05, 0) is 26.7 Å². The number of allylic oxidation sites excluding steroid dienone is 2. The number of hydrogen-bond acceptors (Lipinski definition) is 1. The maximum absolute atomic E-state index is 3.34. The van der Waals surface area contributed by atoms with Crippen LogP contribution in [-0.4, -0.2) is 6.04 Å². The second kappa shape index (κ2) is 4.37. The Labute approximate surface area is 64.5 Å². The van der Waals surface area contributed by atoms with E-state index in [0.29, 0.717) is 12.0 Å². The van der Waals surface area contributed by atoms with E-state index < -0.39 is 0 Å². The van der Waals surface area contributed by atoms with E-state index in [1.165, 1.54) is 5.70 Å². The highest BCUT2D eigenvalue weighted by Gasteiger charge is 1.93. The predicted octanol–water partition coefficient (Wildman–Crippen LogP) is 2.54. The summed E-state index contributed by atoms with van der Waals surface area (Å²) < 4.78 is 0. The topological polar surface area (TPSA) is 12.0 Å². The van der Waals surface area contributed by atoms with E-state index in [4.69, 9.17) is 0 Å². The summed E-state index contributed by atoms with van der Waals surface area (Å²) in [5.74, 6) is 0.645. The average Bonchev–Trinajstić information content (AvgIpc) is 1.58. The monoisotopic (exact) mass is 141 g/mol. The highest BCUT2D eigenvalue weighted by atomic mass is 14.9. The molecule has 0 unspecified atom stereocenters. The summed E-state index contributed by atoms with van der Waals surface area (Å²) in [6.07, 6.45) is 2.24. The Balaban J connectivity index is 3.71. The second-order valence-corrected chi connectivity index (χ2v) is 3.39. The van der Waals surface area contributed by atoms with Gasteiger partial charge in [-0.3, -0.25) is 0 Å². The first kappa shape index (κ1) is 9.54. The Morgan fingerprint density at radius 2 is 1.70 bits per heavy atom. The summed E-state index contributed by atoms with van der Waals surface area (Å²) >= 11 is 0. The zero-order chi connectivity index (χ0) is 8.15. The molecule has 10 heavy (non-hydrogen) atoms. The fourth-order valence-corrected chi connectivity index (χ4v) is 1.00. The maximum atomic E-state index is 3.34. The fourth-order valence-electron chi connectivity index (χ4n) is 1.00. The average molecular weight is 141 g/mol. The molecule has 60 valence electrons. The van der Waals surface area contributed by atoms with Crippen molar-refractivity contribution in [2.75, 3.05) is 0 Å². The van der Waals surface area contributed by atoms with Crippen LogP contribution < -0.4 is 5.32 Å². The van der Waals surface area contributed by atoms with E-state index in [9.17, 15) is 0 Å². The van der Waals surface area contributed by atoms with Crippen molar-refractivity contribution in [1.29, 1.82) is 0 Å². The van der Waals surface area contributed by atoms with Crippen molar-refractivity contribution in [3.63, 3.8) is 0 Å². The molecule has 1 N–H and O–H groups in total. The molecule has 0 aliphatic heterocycles. The van der Waals surface area contributed by atoms with Gasteiger partial charge in [-0.15, -0.1) is 0 Å². The summed E-state index contributed by atoms with van der Waals surface area (Å²) in [5.41, 5.74) is 1.28. The van der Waals surface area contributed by atoms with Gasteiger partial charge in [0.15, 0.2) is 0 Å². The molecule has 0 bridgehead atoms. The number of nitrogens with one attached hydrogen (secondary N) is 1. The van der Waals surface area contributed by atoms with Gasteiger partial charge in [0.05, 0.1) is 0 Å². The molecular weight excluding hydrogens is 122 g/mol. The van der Waals surface area contributed by atoms with Crippen molar-refractivity contribution in [1.82, 2.24) is 5.32 Å². The molecule has 0 atom stereocenters. The smallest absolute Gasteiger partial charge is 0.0201 e. The van der Waals surface area contributed by atoms with Crippen LogP contribution in [0.1, 0.15) is 34.6 Å². The molecule has 0 heterocycles. The van der Waals surface area contributed by atoms with Gasteiger partial charge in [0, 0.05) is 11.7 Å². The van der Waals surface area contributed by atoms with E-state index in [-0.39, 0.29) is 0 Å². The summed E-state index contributed by atoms with van der Waals surface area (Å²) in [7, 11) is 0. The van der Waals surface area contributed by atoms with Crippen LogP contribution in [0.3, 0.4) is 0 Å². The van der Waals surface area contributed by atoms with Gasteiger partial charge in [0.2, 0.25) is 0 Å². The minimum Gasteiger partial charge on any atom is -0.387 e. The molecule has 0 aliphatic carbocycles. The number of hydrogen-bond donors (Lipinski definition) is 1. The molecule has 0 saturated heterocycles. The Hall–Kier alpha value is -0.460. The van der Waals surface area contributed by atoms with Gasteiger partial charge in [-0.1, -0.05) is 19.9 Å². The molecule has 0 spiro atoms. The molecule has 0 fully saturated rings. The Morgan fingerprint density at radius 1 is 1.20 bits per heavy atom. The SMILES string of the molecule is CC(=CC(C)C)NC(C)C. The largest absolute Gasteiger partial charge is 0.387 e. The molecule has 1 nitrogen and oxygen atoms in total. The number of rotatable bonds is 3. The van der Waals surface area contributed by atoms with Gasteiger partial charge in [-0.2, -0.15) is 0 Å². The molecule has 1 heteroatoms. The first-order chi connectivity index (χ1) is 4.52. The molecule has 0 aromatic rings. The lowest BCUT2D eigenvalue weighted by Crippen LogP contribution is -2.20. The van der Waals surface area contributed by atoms with Crippen molar-refractivity contribution in [2.45, 2.75) is 40.7 Å². The molecule has 0 radical (unpaired) electrons. The van der Waals surface area contributed by atoms with Crippen molar-refractivity contribution in [2.24, 2.45) is 5.92 Å². The summed E-state index contributed by atoms with van der Waals surface area (Å²) in [6.45, 7) is 10.8. The quantitative estimate of drug-likeness (QED) is 0.637. The Morgan fingerprint density at radius 3 is 2.00 bits per heavy atom. The van der Waals surface area contributed by atoms with Gasteiger partial charge in [0.1, 0.15) is 0 Å². The lowest BCUT2D eigenvalue weighted by atomic mass is 10.2. The lowest BCUT2D eigenvalue weighted by Gasteiger charge is -2.10. The zero-order valence-electron chi connectivity index (χ0n) is 7.73. The maximum Gasteiger partial charge on any atom is 0.0201 e. The third-order valence-electron chi connectivity index (χ3n) is 1.10. The lowest BCUT2D eigenvalue weighted by molar-refractivity contribution is 0.657. The van der Waals surface area contributed by atoms with Crippen molar-refractivity contribution < 1.29 is 0 Å². The zero-order valence-corrected chi connectivity index (χ0v) is 7.73. The van der Waals surface area contributed by atoms with Crippen molar-refractivity contribution in [3.05, 3.63) is 11.8 Å². The highest BCUT2D eigenvalue weighted by Crippen LogP contribution is 1.98. The third kappa shape index (κ3) is 5.67. The molecule has 0 aliphatic rings. The third-order valence-corrected chi connectivity index (χ3v) is 1.10. The van der Waals surface area contributed by atoms with Crippen LogP contribution >= 0.6 is 0 Å². The minimum atomic E-state index is 0.551. The van der Waals surface area contributed by atoms with E-state index >= 15 is 0 Å². The van der Waals surface area contributed by atoms with Crippen LogP contribution in [0.4, 0.5) is 0 Å². The molecule has 0 saturated carbocycles. The molecule has 0 amide bonds. The summed E-state index contributed by atoms with van der Waals surface area (Å²) in [5, 5.41) is 3.34. The van der Waals surface area contributed by atoms with Crippen LogP contribution in [0.5, 0.6) is 0 Å². The van der Waals surface area contributed by atoms with E-state index in [0.717, 1.165) is 0 Å². The molecule has 0 aromatic carbocycles. The first-order valence-electron chi connectivity index (χ1n) is 3.97. The molecule has 0 aromatic heterocycles. The first-order valence-corrected chi connectivity index (χ1v) is 3.97. The van der Waals surface area contributed by atoms with Crippen LogP contribution in [0.25, 0.3) is 0 Å². The van der Waals surface area contributed by atoms with E-state index in [1.807, 2.05) is 0 Å². The van der Waals surface area contributed by atoms with Crippen molar-refractivity contribution in [3.8, 4) is 0 Å². The second-order valence-electron chi connectivity index (χ2n) is 3.39. The van der Waals surface area contributed by atoms with Crippen LogP contribution in [0.15, 0.2) is 11.8 Å². The van der Waals surface area contributed by atoms with Crippen LogP contribution in [0, 0.1) is 5.92 Å². The van der Waals surface area contributed by atoms with Crippen LogP contribution in [0.2, 0.25) is 0 Å². The Kier molecular flexibility index (Phi) is 4.17. The van der Waals surface area contributed by atoms with Gasteiger partial charge in [0.25, 0.3) is 0 Å². The normalized spacial score (nSPS) is 12.9. The Bertz CT molecular complexity index is 112. The summed E-state index contributed by atoms with van der Waals surface area (Å²) in [4.78, 5) is 0. The van der Waals surface area contributed by atoms with E-state index in [2.05, 4.69) is 46.0 Å². The van der Waals surface area contributed by atoms with Crippen molar-refractivity contribution >= 4 is 0 Å². The minimum absolute atomic E-state index is 0.551. The fraction of sp³-hybridized carbons (Fsp3) is 0.778. The highest BCUT2D eigenvalue weighted by molar-refractivity contribution is 4.97. The van der Waals surface area contributed by atoms with Gasteiger partial charge >= 0.3 is 0 Å². The predicted molar refractivity (Wildman–Crippen MR) is 46.9 cm³/mol. The summed E-state index contributed by atoms with van der Waals surface area (Å²) in [6, 6.07) is 0.551. The standard InChI is InChI=1S/C9H19N/c1-7(2)6-9(5)10-8(3)4/h6-8,10H,1-5H3. The van der Waals surface area contributed by atoms with Gasteiger partial charge < -0.3 is 5.32 Å². The molecular formula is C9H19N. The molecule has 0 rings (SSSR count).